The van der Waals surface area contributed by atoms with E-state index in [1.165, 1.54) is 6.07 Å². The van der Waals surface area contributed by atoms with Crippen LogP contribution in [0.4, 0.5) is 10.1 Å². The van der Waals surface area contributed by atoms with Gasteiger partial charge in [0.25, 0.3) is 0 Å². The molecule has 92 valence electrons. The Hall–Kier alpha value is -0.940. The van der Waals surface area contributed by atoms with E-state index in [1.807, 2.05) is 0 Å². The van der Waals surface area contributed by atoms with Gasteiger partial charge in [-0.3, -0.25) is 4.79 Å². The van der Waals surface area contributed by atoms with E-state index in [4.69, 9.17) is 0 Å². The first kappa shape index (κ1) is 12.5. The first-order chi connectivity index (χ1) is 8.15. The Morgan fingerprint density at radius 1 is 1.59 bits per heavy atom. The van der Waals surface area contributed by atoms with Crippen molar-refractivity contribution in [1.82, 2.24) is 5.32 Å². The van der Waals surface area contributed by atoms with Crippen LogP contribution < -0.4 is 10.6 Å². The van der Waals surface area contributed by atoms with Crippen LogP contribution in [0.25, 0.3) is 0 Å². The van der Waals surface area contributed by atoms with Crippen molar-refractivity contribution in [3.63, 3.8) is 0 Å². The number of hydrogen-bond donors (Lipinski definition) is 2. The summed E-state index contributed by atoms with van der Waals surface area (Å²) < 4.78 is 13.3. The van der Waals surface area contributed by atoms with Gasteiger partial charge in [0.2, 0.25) is 5.91 Å². The summed E-state index contributed by atoms with van der Waals surface area (Å²) in [6.07, 6.45) is 2.63. The number of benzene rings is 1. The maximum Gasteiger partial charge on any atom is 0.225 e. The van der Waals surface area contributed by atoms with Crippen molar-refractivity contribution < 1.29 is 9.18 Å². The predicted octanol–water partition coefficient (Wildman–Crippen LogP) is 2.67. The predicted molar refractivity (Wildman–Crippen MR) is 68.4 cm³/mol. The molecule has 5 heteroatoms. The normalized spacial score (nSPS) is 19.3. The minimum absolute atomic E-state index is 0.0390. The van der Waals surface area contributed by atoms with Gasteiger partial charge >= 0.3 is 0 Å². The Labute approximate surface area is 108 Å². The topological polar surface area (TPSA) is 41.1 Å². The second-order valence-electron chi connectivity index (χ2n) is 4.17. The number of carbonyl (C=O) groups excluding carboxylic acids is 1. The fourth-order valence-electron chi connectivity index (χ4n) is 1.94. The first-order valence-corrected chi connectivity index (χ1v) is 6.43. The number of amides is 1. The molecule has 0 bridgehead atoms. The zero-order chi connectivity index (χ0) is 12.3. The fourth-order valence-corrected chi connectivity index (χ4v) is 2.32. The lowest BCUT2D eigenvalue weighted by Crippen LogP contribution is -2.27. The molecule has 17 heavy (non-hydrogen) atoms. The lowest BCUT2D eigenvalue weighted by molar-refractivity contribution is -0.116. The van der Waals surface area contributed by atoms with Crippen LogP contribution in [-0.4, -0.2) is 18.5 Å². The Morgan fingerprint density at radius 3 is 3.06 bits per heavy atom. The number of hydrogen-bond acceptors (Lipinski definition) is 2. The summed E-state index contributed by atoms with van der Waals surface area (Å²) in [4.78, 5) is 11.7. The molecule has 0 spiro atoms. The van der Waals surface area contributed by atoms with Crippen LogP contribution >= 0.6 is 15.9 Å². The largest absolute Gasteiger partial charge is 0.326 e. The van der Waals surface area contributed by atoms with Gasteiger partial charge in [0.1, 0.15) is 5.82 Å². The maximum absolute atomic E-state index is 13.0. The second kappa shape index (κ2) is 5.60. The van der Waals surface area contributed by atoms with E-state index in [2.05, 4.69) is 26.6 Å². The van der Waals surface area contributed by atoms with Crippen molar-refractivity contribution in [2.75, 3.05) is 11.9 Å². The third kappa shape index (κ3) is 3.51. The molecule has 2 N–H and O–H groups in total. The number of anilines is 1. The fraction of sp³-hybridized carbons (Fsp3) is 0.417. The first-order valence-electron chi connectivity index (χ1n) is 5.63. The van der Waals surface area contributed by atoms with Crippen molar-refractivity contribution in [2.45, 2.75) is 25.3 Å². The molecular weight excluding hydrogens is 287 g/mol. The lowest BCUT2D eigenvalue weighted by Gasteiger charge is -2.10. The van der Waals surface area contributed by atoms with E-state index in [9.17, 15) is 9.18 Å². The molecule has 0 radical (unpaired) electrons. The van der Waals surface area contributed by atoms with Gasteiger partial charge < -0.3 is 10.6 Å². The minimum atomic E-state index is -0.333. The molecule has 1 unspecified atom stereocenters. The molecule has 1 heterocycles. The number of nitrogens with one attached hydrogen (secondary N) is 2. The molecular formula is C12H14BrFN2O. The quantitative estimate of drug-likeness (QED) is 0.901. The molecule has 2 rings (SSSR count). The van der Waals surface area contributed by atoms with E-state index in [0.717, 1.165) is 19.4 Å². The van der Waals surface area contributed by atoms with Crippen molar-refractivity contribution in [1.29, 1.82) is 0 Å². The van der Waals surface area contributed by atoms with Gasteiger partial charge in [-0.15, -0.1) is 0 Å². The van der Waals surface area contributed by atoms with Crippen LogP contribution in [0.5, 0.6) is 0 Å². The molecule has 1 fully saturated rings. The number of rotatable bonds is 3. The highest BCUT2D eigenvalue weighted by Crippen LogP contribution is 2.20. The van der Waals surface area contributed by atoms with Crippen molar-refractivity contribution in [2.24, 2.45) is 0 Å². The Morgan fingerprint density at radius 2 is 2.41 bits per heavy atom. The highest BCUT2D eigenvalue weighted by molar-refractivity contribution is 9.10. The summed E-state index contributed by atoms with van der Waals surface area (Å²) in [5.74, 6) is -0.372. The molecule has 1 aromatic carbocycles. The summed E-state index contributed by atoms with van der Waals surface area (Å²) >= 11 is 3.09. The molecule has 0 saturated carbocycles. The zero-order valence-corrected chi connectivity index (χ0v) is 10.9. The van der Waals surface area contributed by atoms with Crippen LogP contribution in [0.3, 0.4) is 0 Å². The van der Waals surface area contributed by atoms with Crippen LogP contribution in [0, 0.1) is 5.82 Å². The molecule has 1 aromatic rings. The van der Waals surface area contributed by atoms with Crippen LogP contribution in [0.15, 0.2) is 22.7 Å². The molecule has 1 aliphatic heterocycles. The van der Waals surface area contributed by atoms with Gasteiger partial charge in [-0.25, -0.2) is 4.39 Å². The van der Waals surface area contributed by atoms with Crippen LogP contribution in [0.2, 0.25) is 0 Å². The molecule has 3 nitrogen and oxygen atoms in total. The van der Waals surface area contributed by atoms with Crippen molar-refractivity contribution >= 4 is 27.5 Å². The Bertz CT molecular complexity index is 419. The molecule has 1 atom stereocenters. The third-order valence-electron chi connectivity index (χ3n) is 2.80. The lowest BCUT2D eigenvalue weighted by atomic mass is 10.1. The van der Waals surface area contributed by atoms with Gasteiger partial charge in [-0.05, 0) is 53.5 Å². The average Bonchev–Trinajstić information content (AvgIpc) is 2.76. The summed E-state index contributed by atoms with van der Waals surface area (Å²) in [6.45, 7) is 0.986. The van der Waals surface area contributed by atoms with Crippen molar-refractivity contribution in [3.05, 3.63) is 28.5 Å². The standard InChI is InChI=1S/C12H14BrFN2O/c13-10-6-9(3-4-11(10)14)16-12(17)7-8-2-1-5-15-8/h3-4,6,8,15H,1-2,5,7H2,(H,16,17). The summed E-state index contributed by atoms with van der Waals surface area (Å²) in [7, 11) is 0. The Balaban J connectivity index is 1.90. The minimum Gasteiger partial charge on any atom is -0.326 e. The van der Waals surface area contributed by atoms with Gasteiger partial charge in [0.05, 0.1) is 4.47 Å². The highest BCUT2D eigenvalue weighted by atomic mass is 79.9. The SMILES string of the molecule is O=C(CC1CCCN1)Nc1ccc(F)c(Br)c1. The maximum atomic E-state index is 13.0. The van der Waals surface area contributed by atoms with Gasteiger partial charge in [0, 0.05) is 18.2 Å². The molecule has 0 aromatic heterocycles. The van der Waals surface area contributed by atoms with Crippen LogP contribution in [-0.2, 0) is 4.79 Å². The van der Waals surface area contributed by atoms with E-state index < -0.39 is 0 Å². The molecule has 1 amide bonds. The van der Waals surface area contributed by atoms with Gasteiger partial charge in [0.15, 0.2) is 0 Å². The monoisotopic (exact) mass is 300 g/mol. The molecule has 1 aliphatic rings. The summed E-state index contributed by atoms with van der Waals surface area (Å²) in [5.41, 5.74) is 0.612. The number of carbonyl (C=O) groups is 1. The smallest absolute Gasteiger partial charge is 0.225 e. The van der Waals surface area contributed by atoms with E-state index in [1.54, 1.807) is 12.1 Å². The molecule has 1 saturated heterocycles. The van der Waals surface area contributed by atoms with Gasteiger partial charge in [-0.1, -0.05) is 0 Å². The summed E-state index contributed by atoms with van der Waals surface area (Å²) in [5, 5.41) is 6.02. The third-order valence-corrected chi connectivity index (χ3v) is 3.41. The average molecular weight is 301 g/mol. The summed E-state index contributed by atoms with van der Waals surface area (Å²) in [6, 6.07) is 4.72. The van der Waals surface area contributed by atoms with E-state index >= 15 is 0 Å². The zero-order valence-electron chi connectivity index (χ0n) is 9.30. The van der Waals surface area contributed by atoms with E-state index in [0.29, 0.717) is 16.6 Å². The van der Waals surface area contributed by atoms with Crippen LogP contribution in [0.1, 0.15) is 19.3 Å². The van der Waals surface area contributed by atoms with E-state index in [-0.39, 0.29) is 17.8 Å². The Kier molecular flexibility index (Phi) is 4.12. The van der Waals surface area contributed by atoms with Crippen molar-refractivity contribution in [3.8, 4) is 0 Å². The van der Waals surface area contributed by atoms with Gasteiger partial charge in [-0.2, -0.15) is 0 Å². The highest BCUT2D eigenvalue weighted by Gasteiger charge is 2.17. The second-order valence-corrected chi connectivity index (χ2v) is 5.03. The molecule has 0 aliphatic carbocycles. The number of halogens is 2.